The van der Waals surface area contributed by atoms with Gasteiger partial charge >= 0.3 is 0 Å². The highest BCUT2D eigenvalue weighted by molar-refractivity contribution is 6.11. The number of anilines is 6. The average molecular weight is 781 g/mol. The molecule has 0 saturated carbocycles. The van der Waals surface area contributed by atoms with Crippen molar-refractivity contribution in [3.8, 4) is 56.0 Å². The van der Waals surface area contributed by atoms with Crippen LogP contribution in [0.1, 0.15) is 0 Å². The first kappa shape index (κ1) is 36.0. The van der Waals surface area contributed by atoms with Crippen molar-refractivity contribution < 1.29 is 4.74 Å². The molecule has 0 fully saturated rings. The molecule has 0 aliphatic carbocycles. The molecule has 1 heterocycles. The minimum Gasteiger partial charge on any atom is -0.456 e. The Labute approximate surface area is 356 Å². The summed E-state index contributed by atoms with van der Waals surface area (Å²) in [5.41, 5.74) is 15.9. The molecule has 3 nitrogen and oxygen atoms in total. The molecular formula is C58H40N2O. The van der Waals surface area contributed by atoms with Crippen molar-refractivity contribution in [3.05, 3.63) is 243 Å². The molecule has 0 bridgehead atoms. The van der Waals surface area contributed by atoms with Crippen molar-refractivity contribution in [1.82, 2.24) is 0 Å². The fraction of sp³-hybridized carbons (Fsp3) is 0. The molecule has 0 N–H and O–H groups in total. The minimum absolute atomic E-state index is 0.861. The summed E-state index contributed by atoms with van der Waals surface area (Å²) in [6.45, 7) is 0. The Kier molecular flexibility index (Phi) is 9.18. The molecule has 1 aliphatic rings. The Morgan fingerprint density at radius 1 is 0.262 bits per heavy atom. The number of ether oxygens (including phenoxy) is 1. The van der Waals surface area contributed by atoms with Gasteiger partial charge in [0.15, 0.2) is 0 Å². The molecule has 3 heteroatoms. The number of benzene rings is 10. The van der Waals surface area contributed by atoms with Gasteiger partial charge in [0.05, 0.1) is 5.69 Å². The summed E-state index contributed by atoms with van der Waals surface area (Å²) in [5, 5.41) is 2.25. The third kappa shape index (κ3) is 6.78. The number of para-hydroxylation sites is 2. The van der Waals surface area contributed by atoms with Crippen LogP contribution in [0.15, 0.2) is 243 Å². The van der Waals surface area contributed by atoms with Gasteiger partial charge in [-0.3, -0.25) is 0 Å². The lowest BCUT2D eigenvalue weighted by Gasteiger charge is -2.29. The Balaban J connectivity index is 0.959. The SMILES string of the molecule is c1ccc(-c2ccc(N(c3ccc(-c4ccccc4)cc3)c3ccc(-c4ccc5c(c4)-c4cccc6c(N(c7ccccc7)c7ccccc7)ccc(c46)O5)cc3)cc2)cc1. The maximum Gasteiger partial charge on any atom is 0.136 e. The number of hydrogen-bond donors (Lipinski definition) is 0. The fourth-order valence-corrected chi connectivity index (χ4v) is 8.69. The van der Waals surface area contributed by atoms with Crippen molar-refractivity contribution in [2.24, 2.45) is 0 Å². The van der Waals surface area contributed by atoms with E-state index in [9.17, 15) is 0 Å². The lowest BCUT2D eigenvalue weighted by atomic mass is 9.91. The Hall–Kier alpha value is -8.14. The third-order valence-electron chi connectivity index (χ3n) is 11.7. The van der Waals surface area contributed by atoms with E-state index in [1.165, 1.54) is 27.8 Å². The number of hydrogen-bond acceptors (Lipinski definition) is 3. The molecule has 0 unspecified atom stereocenters. The van der Waals surface area contributed by atoms with E-state index >= 15 is 0 Å². The van der Waals surface area contributed by atoms with E-state index in [1.807, 2.05) is 0 Å². The second kappa shape index (κ2) is 15.6. The average Bonchev–Trinajstić information content (AvgIpc) is 3.34. The fourth-order valence-electron chi connectivity index (χ4n) is 8.69. The van der Waals surface area contributed by atoms with Crippen molar-refractivity contribution in [2.75, 3.05) is 9.80 Å². The normalized spacial score (nSPS) is 11.4. The maximum absolute atomic E-state index is 6.68. The quantitative estimate of drug-likeness (QED) is 0.145. The smallest absolute Gasteiger partial charge is 0.136 e. The van der Waals surface area contributed by atoms with Crippen molar-refractivity contribution in [1.29, 1.82) is 0 Å². The van der Waals surface area contributed by atoms with E-state index in [-0.39, 0.29) is 0 Å². The van der Waals surface area contributed by atoms with Gasteiger partial charge in [0.2, 0.25) is 0 Å². The van der Waals surface area contributed by atoms with E-state index in [1.54, 1.807) is 0 Å². The van der Waals surface area contributed by atoms with Gasteiger partial charge in [0.1, 0.15) is 11.5 Å². The second-order valence-electron chi connectivity index (χ2n) is 15.3. The number of rotatable bonds is 9. The van der Waals surface area contributed by atoms with Crippen LogP contribution in [0.25, 0.3) is 55.3 Å². The molecule has 1 aliphatic heterocycles. The first-order chi connectivity index (χ1) is 30.2. The van der Waals surface area contributed by atoms with Gasteiger partial charge in [-0.1, -0.05) is 158 Å². The van der Waals surface area contributed by atoms with Crippen molar-refractivity contribution in [2.45, 2.75) is 0 Å². The predicted molar refractivity (Wildman–Crippen MR) is 255 cm³/mol. The zero-order chi connectivity index (χ0) is 40.5. The van der Waals surface area contributed by atoms with E-state index in [4.69, 9.17) is 4.74 Å². The predicted octanol–water partition coefficient (Wildman–Crippen LogP) is 16.6. The molecule has 0 saturated heterocycles. The van der Waals surface area contributed by atoms with Gasteiger partial charge < -0.3 is 14.5 Å². The van der Waals surface area contributed by atoms with E-state index in [0.717, 1.165) is 73.1 Å². The van der Waals surface area contributed by atoms with Crippen LogP contribution in [0.4, 0.5) is 34.1 Å². The molecule has 10 aromatic rings. The van der Waals surface area contributed by atoms with Gasteiger partial charge in [0, 0.05) is 44.8 Å². The van der Waals surface area contributed by atoms with Crippen molar-refractivity contribution >= 4 is 44.9 Å². The standard InChI is InChI=1S/C58H40N2O/c1-5-14-41(15-6-1)43-24-31-49(32-25-43)59(50-33-26-44(27-34-50)42-16-7-2-8-17-42)51-35-28-45(29-36-51)46-30-38-56-54(40-46)52-22-13-23-53-55(37-39-57(61-56)58(52)53)60(47-18-9-3-10-19-47)48-20-11-4-12-21-48/h1-40H. The highest BCUT2D eigenvalue weighted by atomic mass is 16.5. The van der Waals surface area contributed by atoms with Crippen LogP contribution in [0.2, 0.25) is 0 Å². The molecule has 0 spiro atoms. The third-order valence-corrected chi connectivity index (χ3v) is 11.7. The van der Waals surface area contributed by atoms with Crippen LogP contribution < -0.4 is 14.5 Å². The topological polar surface area (TPSA) is 15.7 Å². The van der Waals surface area contributed by atoms with Gasteiger partial charge in [-0.15, -0.1) is 0 Å². The number of fused-ring (bicyclic) bond motifs is 2. The Morgan fingerprint density at radius 2 is 0.672 bits per heavy atom. The zero-order valence-electron chi connectivity index (χ0n) is 33.4. The minimum atomic E-state index is 0.861. The maximum atomic E-state index is 6.68. The van der Waals surface area contributed by atoms with Gasteiger partial charge in [-0.2, -0.15) is 0 Å². The zero-order valence-corrected chi connectivity index (χ0v) is 33.4. The largest absolute Gasteiger partial charge is 0.456 e. The number of nitrogens with zero attached hydrogens (tertiary/aromatic N) is 2. The molecule has 0 amide bonds. The van der Waals surface area contributed by atoms with Crippen LogP contribution >= 0.6 is 0 Å². The Morgan fingerprint density at radius 3 is 1.18 bits per heavy atom. The first-order valence-electron chi connectivity index (χ1n) is 20.7. The molecule has 61 heavy (non-hydrogen) atoms. The van der Waals surface area contributed by atoms with Crippen LogP contribution in [0.3, 0.4) is 0 Å². The lowest BCUT2D eigenvalue weighted by Crippen LogP contribution is -2.11. The lowest BCUT2D eigenvalue weighted by molar-refractivity contribution is 0.487. The summed E-state index contributed by atoms with van der Waals surface area (Å²) in [4.78, 5) is 4.66. The first-order valence-corrected chi connectivity index (χ1v) is 20.7. The monoisotopic (exact) mass is 780 g/mol. The van der Waals surface area contributed by atoms with Crippen LogP contribution in [0.5, 0.6) is 11.5 Å². The molecule has 10 aromatic carbocycles. The molecule has 288 valence electrons. The summed E-state index contributed by atoms with van der Waals surface area (Å²) in [6.07, 6.45) is 0. The molecule has 0 aromatic heterocycles. The molecular weight excluding hydrogens is 741 g/mol. The second-order valence-corrected chi connectivity index (χ2v) is 15.3. The van der Waals surface area contributed by atoms with Gasteiger partial charge in [0.25, 0.3) is 0 Å². The van der Waals surface area contributed by atoms with Gasteiger partial charge in [-0.25, -0.2) is 0 Å². The highest BCUT2D eigenvalue weighted by Gasteiger charge is 2.24. The molecule has 0 radical (unpaired) electrons. The van der Waals surface area contributed by atoms with E-state index in [0.29, 0.717) is 0 Å². The van der Waals surface area contributed by atoms with Crippen LogP contribution in [-0.4, -0.2) is 0 Å². The summed E-state index contributed by atoms with van der Waals surface area (Å²) in [7, 11) is 0. The van der Waals surface area contributed by atoms with Gasteiger partial charge in [-0.05, 0) is 124 Å². The molecule has 0 atom stereocenters. The summed E-state index contributed by atoms with van der Waals surface area (Å²) in [5.74, 6) is 1.73. The molecule has 11 rings (SSSR count). The summed E-state index contributed by atoms with van der Waals surface area (Å²) in [6, 6.07) is 86.3. The highest BCUT2D eigenvalue weighted by Crippen LogP contribution is 2.51. The van der Waals surface area contributed by atoms with Crippen LogP contribution in [0, 0.1) is 0 Å². The van der Waals surface area contributed by atoms with Crippen LogP contribution in [-0.2, 0) is 0 Å². The van der Waals surface area contributed by atoms with E-state index in [2.05, 4.69) is 252 Å². The Bertz CT molecular complexity index is 2990. The van der Waals surface area contributed by atoms with E-state index < -0.39 is 0 Å². The summed E-state index contributed by atoms with van der Waals surface area (Å²) < 4.78 is 6.68. The summed E-state index contributed by atoms with van der Waals surface area (Å²) >= 11 is 0. The van der Waals surface area contributed by atoms with Crippen molar-refractivity contribution in [3.63, 3.8) is 0 Å².